The molecule has 0 aliphatic heterocycles. The molecule has 0 radical (unpaired) electrons. The Labute approximate surface area is 83.4 Å². The SMILES string of the molecule is Cc1ncn(CCc2ccccc2)n1. The molecule has 2 aromatic rings. The van der Waals surface area contributed by atoms with E-state index in [1.807, 2.05) is 17.7 Å². The second-order valence-corrected chi connectivity index (χ2v) is 3.29. The summed E-state index contributed by atoms with van der Waals surface area (Å²) >= 11 is 0. The highest BCUT2D eigenvalue weighted by molar-refractivity contribution is 5.14. The van der Waals surface area contributed by atoms with Crippen LogP contribution in [0, 0.1) is 6.92 Å². The zero-order valence-corrected chi connectivity index (χ0v) is 8.22. The maximum absolute atomic E-state index is 4.23. The Morgan fingerprint density at radius 2 is 2.00 bits per heavy atom. The molecule has 1 heterocycles. The maximum Gasteiger partial charge on any atom is 0.147 e. The van der Waals surface area contributed by atoms with Gasteiger partial charge in [-0.25, -0.2) is 4.98 Å². The van der Waals surface area contributed by atoms with Gasteiger partial charge in [0.1, 0.15) is 12.2 Å². The van der Waals surface area contributed by atoms with Crippen molar-refractivity contribution in [2.75, 3.05) is 0 Å². The van der Waals surface area contributed by atoms with Crippen molar-refractivity contribution in [1.82, 2.24) is 14.8 Å². The third kappa shape index (κ3) is 2.19. The summed E-state index contributed by atoms with van der Waals surface area (Å²) in [5.74, 6) is 0.832. The monoisotopic (exact) mass is 187 g/mol. The molecule has 0 N–H and O–H groups in total. The average molecular weight is 187 g/mol. The largest absolute Gasteiger partial charge is 0.252 e. The Kier molecular flexibility index (Phi) is 2.58. The van der Waals surface area contributed by atoms with Gasteiger partial charge in [0.05, 0.1) is 0 Å². The van der Waals surface area contributed by atoms with Crippen molar-refractivity contribution in [3.63, 3.8) is 0 Å². The van der Waals surface area contributed by atoms with Crippen LogP contribution >= 0.6 is 0 Å². The van der Waals surface area contributed by atoms with Gasteiger partial charge in [0.25, 0.3) is 0 Å². The summed E-state index contributed by atoms with van der Waals surface area (Å²) in [4.78, 5) is 4.08. The first-order chi connectivity index (χ1) is 6.84. The maximum atomic E-state index is 4.23. The summed E-state index contributed by atoms with van der Waals surface area (Å²) in [5.41, 5.74) is 1.33. The van der Waals surface area contributed by atoms with E-state index < -0.39 is 0 Å². The minimum Gasteiger partial charge on any atom is -0.252 e. The number of benzene rings is 1. The van der Waals surface area contributed by atoms with E-state index in [4.69, 9.17) is 0 Å². The summed E-state index contributed by atoms with van der Waals surface area (Å²) in [7, 11) is 0. The van der Waals surface area contributed by atoms with Gasteiger partial charge in [-0.15, -0.1) is 0 Å². The van der Waals surface area contributed by atoms with Gasteiger partial charge in [0.2, 0.25) is 0 Å². The molecule has 0 fully saturated rings. The highest BCUT2D eigenvalue weighted by Crippen LogP contribution is 2.00. The molecule has 14 heavy (non-hydrogen) atoms. The van der Waals surface area contributed by atoms with Crippen LogP contribution in [0.5, 0.6) is 0 Å². The first kappa shape index (κ1) is 8.94. The first-order valence-corrected chi connectivity index (χ1v) is 4.74. The molecule has 0 amide bonds. The molecule has 3 heteroatoms. The Balaban J connectivity index is 1.95. The number of hydrogen-bond acceptors (Lipinski definition) is 2. The topological polar surface area (TPSA) is 30.7 Å². The van der Waals surface area contributed by atoms with Gasteiger partial charge >= 0.3 is 0 Å². The van der Waals surface area contributed by atoms with Crippen LogP contribution in [0.3, 0.4) is 0 Å². The van der Waals surface area contributed by atoms with Crippen LogP contribution in [0.4, 0.5) is 0 Å². The lowest BCUT2D eigenvalue weighted by atomic mass is 10.2. The van der Waals surface area contributed by atoms with E-state index in [2.05, 4.69) is 34.3 Å². The molecule has 0 bridgehead atoms. The van der Waals surface area contributed by atoms with Gasteiger partial charge in [-0.2, -0.15) is 5.10 Å². The standard InChI is InChI=1S/C11H13N3/c1-10-12-9-14(13-10)8-7-11-5-3-2-4-6-11/h2-6,9H,7-8H2,1H3. The van der Waals surface area contributed by atoms with Crippen molar-refractivity contribution in [2.24, 2.45) is 0 Å². The summed E-state index contributed by atoms with van der Waals surface area (Å²) in [6.45, 7) is 2.80. The number of aromatic nitrogens is 3. The molecule has 0 aliphatic rings. The smallest absolute Gasteiger partial charge is 0.147 e. The first-order valence-electron chi connectivity index (χ1n) is 4.74. The van der Waals surface area contributed by atoms with Crippen molar-refractivity contribution >= 4 is 0 Å². The van der Waals surface area contributed by atoms with Gasteiger partial charge in [-0.1, -0.05) is 30.3 Å². The van der Waals surface area contributed by atoms with Gasteiger partial charge in [-0.3, -0.25) is 4.68 Å². The Bertz CT molecular complexity index is 392. The van der Waals surface area contributed by atoms with Crippen LogP contribution in [0.1, 0.15) is 11.4 Å². The third-order valence-electron chi connectivity index (χ3n) is 2.12. The molecule has 0 spiro atoms. The van der Waals surface area contributed by atoms with E-state index in [0.717, 1.165) is 18.8 Å². The predicted molar refractivity (Wildman–Crippen MR) is 54.9 cm³/mol. The lowest BCUT2D eigenvalue weighted by Gasteiger charge is -2.00. The number of aryl methyl sites for hydroxylation is 3. The van der Waals surface area contributed by atoms with E-state index in [0.29, 0.717) is 0 Å². The quantitative estimate of drug-likeness (QED) is 0.734. The highest BCUT2D eigenvalue weighted by Gasteiger charge is 1.95. The molecule has 0 aliphatic carbocycles. The van der Waals surface area contributed by atoms with Gasteiger partial charge in [0, 0.05) is 6.54 Å². The Morgan fingerprint density at radius 1 is 1.21 bits per heavy atom. The molecule has 2 rings (SSSR count). The average Bonchev–Trinajstić information content (AvgIpc) is 2.63. The molecular weight excluding hydrogens is 174 g/mol. The molecule has 0 atom stereocenters. The summed E-state index contributed by atoms with van der Waals surface area (Å²) < 4.78 is 1.88. The lowest BCUT2D eigenvalue weighted by molar-refractivity contribution is 0.609. The van der Waals surface area contributed by atoms with E-state index in [1.54, 1.807) is 6.33 Å². The summed E-state index contributed by atoms with van der Waals surface area (Å²) in [6, 6.07) is 10.4. The second kappa shape index (κ2) is 4.05. The van der Waals surface area contributed by atoms with Gasteiger partial charge in [0.15, 0.2) is 0 Å². The molecule has 1 aromatic carbocycles. The Hall–Kier alpha value is -1.64. The van der Waals surface area contributed by atoms with Gasteiger partial charge < -0.3 is 0 Å². The van der Waals surface area contributed by atoms with Crippen molar-refractivity contribution in [3.8, 4) is 0 Å². The fourth-order valence-corrected chi connectivity index (χ4v) is 1.38. The predicted octanol–water partition coefficient (Wildman–Crippen LogP) is 1.83. The van der Waals surface area contributed by atoms with Crippen LogP contribution in [0.15, 0.2) is 36.7 Å². The number of rotatable bonds is 3. The fraction of sp³-hybridized carbons (Fsp3) is 0.273. The fourth-order valence-electron chi connectivity index (χ4n) is 1.38. The molecule has 0 saturated carbocycles. The molecule has 3 nitrogen and oxygen atoms in total. The zero-order valence-electron chi connectivity index (χ0n) is 8.22. The van der Waals surface area contributed by atoms with Crippen molar-refractivity contribution < 1.29 is 0 Å². The van der Waals surface area contributed by atoms with Crippen LogP contribution < -0.4 is 0 Å². The minimum absolute atomic E-state index is 0.832. The molecule has 0 saturated heterocycles. The van der Waals surface area contributed by atoms with Crippen LogP contribution in [-0.4, -0.2) is 14.8 Å². The highest BCUT2D eigenvalue weighted by atomic mass is 15.3. The third-order valence-corrected chi connectivity index (χ3v) is 2.12. The zero-order chi connectivity index (χ0) is 9.80. The van der Waals surface area contributed by atoms with E-state index in [-0.39, 0.29) is 0 Å². The molecular formula is C11H13N3. The summed E-state index contributed by atoms with van der Waals surface area (Å²) in [5, 5.41) is 4.23. The van der Waals surface area contributed by atoms with E-state index in [1.165, 1.54) is 5.56 Å². The molecule has 0 unspecified atom stereocenters. The second-order valence-electron chi connectivity index (χ2n) is 3.29. The Morgan fingerprint density at radius 3 is 2.64 bits per heavy atom. The minimum atomic E-state index is 0.832. The van der Waals surface area contributed by atoms with Crippen LogP contribution in [-0.2, 0) is 13.0 Å². The van der Waals surface area contributed by atoms with E-state index in [9.17, 15) is 0 Å². The molecule has 72 valence electrons. The number of nitrogens with zero attached hydrogens (tertiary/aromatic N) is 3. The van der Waals surface area contributed by atoms with Crippen LogP contribution in [0.2, 0.25) is 0 Å². The lowest BCUT2D eigenvalue weighted by Crippen LogP contribution is -2.01. The normalized spacial score (nSPS) is 10.4. The van der Waals surface area contributed by atoms with Crippen LogP contribution in [0.25, 0.3) is 0 Å². The summed E-state index contributed by atoms with van der Waals surface area (Å²) in [6.07, 6.45) is 2.78. The van der Waals surface area contributed by atoms with Gasteiger partial charge in [-0.05, 0) is 18.9 Å². The van der Waals surface area contributed by atoms with Crippen molar-refractivity contribution in [1.29, 1.82) is 0 Å². The van der Waals surface area contributed by atoms with Crippen molar-refractivity contribution in [2.45, 2.75) is 19.9 Å². The molecule has 1 aromatic heterocycles. The van der Waals surface area contributed by atoms with E-state index >= 15 is 0 Å². The number of hydrogen-bond donors (Lipinski definition) is 0. The van der Waals surface area contributed by atoms with Crippen molar-refractivity contribution in [3.05, 3.63) is 48.0 Å².